The second kappa shape index (κ2) is 6.04. The monoisotopic (exact) mass is 353 g/mol. The van der Waals surface area contributed by atoms with Crippen molar-refractivity contribution in [1.82, 2.24) is 4.90 Å². The van der Waals surface area contributed by atoms with Gasteiger partial charge in [0.1, 0.15) is 0 Å². The minimum absolute atomic E-state index is 0.105. The number of aliphatic imine (C=N–C) groups is 1. The fourth-order valence-electron chi connectivity index (χ4n) is 2.91. The van der Waals surface area contributed by atoms with Crippen LogP contribution in [0.3, 0.4) is 0 Å². The van der Waals surface area contributed by atoms with E-state index in [4.69, 9.17) is 22.3 Å². The number of rotatable bonds is 2. The summed E-state index contributed by atoms with van der Waals surface area (Å²) in [7, 11) is 0. The Kier molecular flexibility index (Phi) is 3.87. The Morgan fingerprint density at radius 1 is 1.08 bits per heavy atom. The molecule has 1 unspecified atom stereocenters. The molecule has 0 saturated heterocycles. The molecular formula is C19H16ClN3S. The SMILES string of the molecule is CC1=CSC2=NC(c3ccc(N)cc3)=CC(c3ccc(Cl)cc3)N12. The second-order valence-corrected chi connectivity index (χ2v) is 7.08. The van der Waals surface area contributed by atoms with Gasteiger partial charge in [-0.3, -0.25) is 0 Å². The van der Waals surface area contributed by atoms with Gasteiger partial charge in [0.2, 0.25) is 0 Å². The third kappa shape index (κ3) is 2.72. The van der Waals surface area contributed by atoms with Gasteiger partial charge in [-0.15, -0.1) is 0 Å². The number of nitrogens with zero attached hydrogens (tertiary/aromatic N) is 2. The fourth-order valence-corrected chi connectivity index (χ4v) is 3.94. The van der Waals surface area contributed by atoms with E-state index in [1.807, 2.05) is 36.4 Å². The number of allylic oxidation sites excluding steroid dienone is 1. The maximum atomic E-state index is 6.05. The van der Waals surface area contributed by atoms with E-state index in [1.165, 1.54) is 11.3 Å². The van der Waals surface area contributed by atoms with Crippen LogP contribution in [-0.4, -0.2) is 10.1 Å². The Hall–Kier alpha value is -2.17. The first-order chi connectivity index (χ1) is 11.6. The zero-order chi connectivity index (χ0) is 16.7. The van der Waals surface area contributed by atoms with Gasteiger partial charge >= 0.3 is 0 Å². The highest BCUT2D eigenvalue weighted by Gasteiger charge is 2.31. The molecule has 0 aromatic heterocycles. The lowest BCUT2D eigenvalue weighted by molar-refractivity contribution is 0.456. The lowest BCUT2D eigenvalue weighted by atomic mass is 10.0. The first-order valence-corrected chi connectivity index (χ1v) is 8.92. The predicted molar refractivity (Wildman–Crippen MR) is 104 cm³/mol. The number of amidine groups is 1. The summed E-state index contributed by atoms with van der Waals surface area (Å²) < 4.78 is 0. The molecule has 0 bridgehead atoms. The molecule has 2 aromatic rings. The lowest BCUT2D eigenvalue weighted by Gasteiger charge is -2.32. The maximum absolute atomic E-state index is 6.05. The van der Waals surface area contributed by atoms with Crippen LogP contribution in [0.2, 0.25) is 5.02 Å². The average Bonchev–Trinajstić information content (AvgIpc) is 2.97. The van der Waals surface area contributed by atoms with Crippen LogP contribution in [0.25, 0.3) is 5.70 Å². The average molecular weight is 354 g/mol. The zero-order valence-corrected chi connectivity index (χ0v) is 14.7. The number of halogens is 1. The van der Waals surface area contributed by atoms with E-state index < -0.39 is 0 Å². The van der Waals surface area contributed by atoms with E-state index in [1.54, 1.807) is 11.8 Å². The van der Waals surface area contributed by atoms with Crippen LogP contribution in [0.4, 0.5) is 5.69 Å². The zero-order valence-electron chi connectivity index (χ0n) is 13.1. The van der Waals surface area contributed by atoms with E-state index in [0.29, 0.717) is 0 Å². The van der Waals surface area contributed by atoms with E-state index >= 15 is 0 Å². The Bertz CT molecular complexity index is 866. The van der Waals surface area contributed by atoms with Crippen LogP contribution < -0.4 is 5.73 Å². The van der Waals surface area contributed by atoms with Crippen LogP contribution in [0.1, 0.15) is 24.1 Å². The lowest BCUT2D eigenvalue weighted by Crippen LogP contribution is -2.30. The summed E-state index contributed by atoms with van der Waals surface area (Å²) in [4.78, 5) is 7.09. The molecule has 0 radical (unpaired) electrons. The predicted octanol–water partition coefficient (Wildman–Crippen LogP) is 5.28. The molecule has 2 heterocycles. The van der Waals surface area contributed by atoms with E-state index in [9.17, 15) is 0 Å². The van der Waals surface area contributed by atoms with E-state index in [0.717, 1.165) is 27.1 Å². The van der Waals surface area contributed by atoms with Gasteiger partial charge in [0.05, 0.1) is 11.7 Å². The van der Waals surface area contributed by atoms with Crippen molar-refractivity contribution in [3.63, 3.8) is 0 Å². The number of hydrogen-bond donors (Lipinski definition) is 1. The summed E-state index contributed by atoms with van der Waals surface area (Å²) in [6, 6.07) is 16.0. The maximum Gasteiger partial charge on any atom is 0.173 e. The smallest absolute Gasteiger partial charge is 0.173 e. The van der Waals surface area contributed by atoms with Crippen molar-refractivity contribution in [2.45, 2.75) is 13.0 Å². The van der Waals surface area contributed by atoms with Crippen molar-refractivity contribution in [1.29, 1.82) is 0 Å². The van der Waals surface area contributed by atoms with Gasteiger partial charge in [-0.25, -0.2) is 4.99 Å². The third-order valence-corrected chi connectivity index (χ3v) is 5.36. The molecule has 2 aromatic carbocycles. The highest BCUT2D eigenvalue weighted by Crippen LogP contribution is 2.41. The highest BCUT2D eigenvalue weighted by molar-refractivity contribution is 8.16. The van der Waals surface area contributed by atoms with Gasteiger partial charge in [0.25, 0.3) is 0 Å². The van der Waals surface area contributed by atoms with Crippen LogP contribution >= 0.6 is 23.4 Å². The number of anilines is 1. The molecule has 0 saturated carbocycles. The molecule has 0 aliphatic carbocycles. The molecule has 120 valence electrons. The minimum Gasteiger partial charge on any atom is -0.399 e. The fraction of sp³-hybridized carbons (Fsp3) is 0.105. The molecule has 2 aliphatic heterocycles. The molecule has 0 spiro atoms. The Labute approximate surface area is 150 Å². The summed E-state index contributed by atoms with van der Waals surface area (Å²) in [5.74, 6) is 0. The normalized spacial score (nSPS) is 19.5. The third-order valence-electron chi connectivity index (χ3n) is 4.15. The Morgan fingerprint density at radius 2 is 1.79 bits per heavy atom. The van der Waals surface area contributed by atoms with Crippen LogP contribution in [0.5, 0.6) is 0 Å². The number of hydrogen-bond acceptors (Lipinski definition) is 4. The van der Waals surface area contributed by atoms with Crippen LogP contribution in [0, 0.1) is 0 Å². The largest absolute Gasteiger partial charge is 0.399 e. The topological polar surface area (TPSA) is 41.6 Å². The first kappa shape index (κ1) is 15.4. The summed E-state index contributed by atoms with van der Waals surface area (Å²) >= 11 is 7.71. The van der Waals surface area contributed by atoms with Crippen molar-refractivity contribution in [2.24, 2.45) is 4.99 Å². The van der Waals surface area contributed by atoms with Crippen molar-refractivity contribution in [3.05, 3.63) is 81.9 Å². The Balaban J connectivity index is 1.79. The molecule has 3 nitrogen and oxygen atoms in total. The standard InChI is InChI=1S/C19H16ClN3S/c1-12-11-24-19-22-17(13-4-8-16(21)9-5-13)10-18(23(12)19)14-2-6-15(20)7-3-14/h2-11,18H,21H2,1H3. The molecule has 0 amide bonds. The number of thioether (sulfide) groups is 1. The second-order valence-electron chi connectivity index (χ2n) is 5.81. The number of fused-ring (bicyclic) bond motifs is 1. The summed E-state index contributed by atoms with van der Waals surface area (Å²) in [6.07, 6.45) is 2.20. The van der Waals surface area contributed by atoms with Crippen molar-refractivity contribution in [3.8, 4) is 0 Å². The van der Waals surface area contributed by atoms with Crippen LogP contribution in [-0.2, 0) is 0 Å². The molecule has 0 fully saturated rings. The molecule has 2 N–H and O–H groups in total. The van der Waals surface area contributed by atoms with Gasteiger partial charge in [-0.1, -0.05) is 47.6 Å². The minimum atomic E-state index is 0.105. The van der Waals surface area contributed by atoms with Gasteiger partial charge in [-0.2, -0.15) is 0 Å². The quantitative estimate of drug-likeness (QED) is 0.746. The molecule has 24 heavy (non-hydrogen) atoms. The van der Waals surface area contributed by atoms with E-state index in [-0.39, 0.29) is 6.04 Å². The number of nitrogens with two attached hydrogens (primary N) is 1. The highest BCUT2D eigenvalue weighted by atomic mass is 35.5. The van der Waals surface area contributed by atoms with Gasteiger partial charge in [-0.05, 0) is 48.2 Å². The summed E-state index contributed by atoms with van der Waals surface area (Å²) in [6.45, 7) is 2.11. The van der Waals surface area contributed by atoms with Crippen molar-refractivity contribution >= 4 is 39.9 Å². The van der Waals surface area contributed by atoms with Gasteiger partial charge in [0.15, 0.2) is 5.17 Å². The Morgan fingerprint density at radius 3 is 2.50 bits per heavy atom. The van der Waals surface area contributed by atoms with Crippen LogP contribution in [0.15, 0.2) is 70.7 Å². The molecule has 2 aliphatic rings. The van der Waals surface area contributed by atoms with Gasteiger partial charge in [0, 0.05) is 22.0 Å². The summed E-state index contributed by atoms with van der Waals surface area (Å²) in [5.41, 5.74) is 11.0. The molecule has 4 rings (SSSR count). The summed E-state index contributed by atoms with van der Waals surface area (Å²) in [5, 5.41) is 3.89. The van der Waals surface area contributed by atoms with Crippen molar-refractivity contribution in [2.75, 3.05) is 5.73 Å². The molecular weight excluding hydrogens is 338 g/mol. The number of benzene rings is 2. The van der Waals surface area contributed by atoms with E-state index in [2.05, 4.69) is 35.4 Å². The molecule has 5 heteroatoms. The first-order valence-electron chi connectivity index (χ1n) is 7.66. The molecule has 1 atom stereocenters. The van der Waals surface area contributed by atoms with Crippen molar-refractivity contribution < 1.29 is 0 Å². The number of nitrogen functional groups attached to an aromatic ring is 1. The van der Waals surface area contributed by atoms with Gasteiger partial charge < -0.3 is 10.6 Å².